The summed E-state index contributed by atoms with van der Waals surface area (Å²) in [5.74, 6) is 0.572. The van der Waals surface area contributed by atoms with E-state index < -0.39 is 11.6 Å². The molecule has 0 aliphatic carbocycles. The third-order valence-electron chi connectivity index (χ3n) is 2.84. The van der Waals surface area contributed by atoms with Crippen LogP contribution in [0.1, 0.15) is 34.1 Å². The zero-order valence-electron chi connectivity index (χ0n) is 12.0. The highest BCUT2D eigenvalue weighted by Gasteiger charge is 2.22. The molecule has 0 heterocycles. The SMILES string of the molecule is CC(C)CC(C)OCC(O)CNC(C)(CO)CO. The molecule has 0 rings (SSSR count). The molecule has 0 bridgehead atoms. The van der Waals surface area contributed by atoms with Gasteiger partial charge in [0.15, 0.2) is 0 Å². The topological polar surface area (TPSA) is 82.0 Å². The van der Waals surface area contributed by atoms with Gasteiger partial charge < -0.3 is 25.4 Å². The van der Waals surface area contributed by atoms with E-state index in [0.29, 0.717) is 5.92 Å². The van der Waals surface area contributed by atoms with E-state index in [1.54, 1.807) is 6.92 Å². The molecule has 0 spiro atoms. The van der Waals surface area contributed by atoms with Crippen molar-refractivity contribution in [2.24, 2.45) is 5.92 Å². The van der Waals surface area contributed by atoms with Crippen molar-refractivity contribution < 1.29 is 20.1 Å². The number of aliphatic hydroxyl groups excluding tert-OH is 3. The number of nitrogens with one attached hydrogen (secondary N) is 1. The van der Waals surface area contributed by atoms with Gasteiger partial charge in [0.05, 0.1) is 37.6 Å². The zero-order valence-corrected chi connectivity index (χ0v) is 12.0. The summed E-state index contributed by atoms with van der Waals surface area (Å²) in [5.41, 5.74) is -0.759. The van der Waals surface area contributed by atoms with Gasteiger partial charge in [-0.1, -0.05) is 13.8 Å². The Balaban J connectivity index is 3.81. The molecule has 0 radical (unpaired) electrons. The van der Waals surface area contributed by atoms with E-state index in [1.807, 2.05) is 6.92 Å². The minimum absolute atomic E-state index is 0.127. The van der Waals surface area contributed by atoms with Crippen LogP contribution >= 0.6 is 0 Å². The van der Waals surface area contributed by atoms with E-state index in [9.17, 15) is 5.11 Å². The first-order valence-electron chi connectivity index (χ1n) is 6.59. The zero-order chi connectivity index (χ0) is 14.2. The van der Waals surface area contributed by atoms with Crippen LogP contribution in [0.15, 0.2) is 0 Å². The van der Waals surface area contributed by atoms with Crippen molar-refractivity contribution in [1.82, 2.24) is 5.32 Å². The van der Waals surface area contributed by atoms with Crippen LogP contribution in [0.4, 0.5) is 0 Å². The fraction of sp³-hybridized carbons (Fsp3) is 1.00. The molecule has 0 aliphatic heterocycles. The summed E-state index contributed by atoms with van der Waals surface area (Å²) in [6.07, 6.45) is 0.448. The van der Waals surface area contributed by atoms with Crippen LogP contribution in [0.2, 0.25) is 0 Å². The molecular weight excluding hydrogens is 234 g/mol. The van der Waals surface area contributed by atoms with Gasteiger partial charge in [-0.05, 0) is 26.2 Å². The molecule has 2 atom stereocenters. The lowest BCUT2D eigenvalue weighted by Gasteiger charge is -2.28. The lowest BCUT2D eigenvalue weighted by atomic mass is 10.1. The smallest absolute Gasteiger partial charge is 0.0898 e. The van der Waals surface area contributed by atoms with Crippen LogP contribution in [0.25, 0.3) is 0 Å². The molecule has 0 aromatic rings. The summed E-state index contributed by atoms with van der Waals surface area (Å²) in [5, 5.41) is 30.8. The van der Waals surface area contributed by atoms with Crippen molar-refractivity contribution in [2.45, 2.75) is 51.9 Å². The van der Waals surface area contributed by atoms with Gasteiger partial charge in [-0.25, -0.2) is 0 Å². The van der Waals surface area contributed by atoms with Crippen LogP contribution < -0.4 is 5.32 Å². The second-order valence-corrected chi connectivity index (χ2v) is 5.69. The largest absolute Gasteiger partial charge is 0.394 e. The minimum Gasteiger partial charge on any atom is -0.394 e. The first kappa shape index (κ1) is 17.8. The summed E-state index contributed by atoms with van der Waals surface area (Å²) in [6, 6.07) is 0. The predicted octanol–water partition coefficient (Wildman–Crippen LogP) is 0.131. The van der Waals surface area contributed by atoms with E-state index in [0.717, 1.165) is 6.42 Å². The molecule has 5 nitrogen and oxygen atoms in total. The van der Waals surface area contributed by atoms with Crippen LogP contribution in [-0.4, -0.2) is 59.4 Å². The first-order chi connectivity index (χ1) is 8.33. The van der Waals surface area contributed by atoms with E-state index >= 15 is 0 Å². The first-order valence-corrected chi connectivity index (χ1v) is 6.59. The standard InChI is InChI=1S/C13H29NO4/c1-10(2)5-11(3)18-7-12(17)6-14-13(4,8-15)9-16/h10-12,14-17H,5-9H2,1-4H3. The van der Waals surface area contributed by atoms with Gasteiger partial charge in [0, 0.05) is 6.54 Å². The molecular formula is C13H29NO4. The summed E-state index contributed by atoms with van der Waals surface area (Å²) in [4.78, 5) is 0. The molecule has 110 valence electrons. The molecule has 0 aromatic carbocycles. The Hall–Kier alpha value is -0.200. The number of ether oxygens (including phenoxy) is 1. The van der Waals surface area contributed by atoms with E-state index in [2.05, 4.69) is 19.2 Å². The molecule has 0 aromatic heterocycles. The van der Waals surface area contributed by atoms with Crippen LogP contribution in [0.5, 0.6) is 0 Å². The van der Waals surface area contributed by atoms with Crippen molar-refractivity contribution in [2.75, 3.05) is 26.4 Å². The summed E-state index contributed by atoms with van der Waals surface area (Å²) in [6.45, 7) is 8.13. The Morgan fingerprint density at radius 3 is 2.17 bits per heavy atom. The third-order valence-corrected chi connectivity index (χ3v) is 2.84. The Labute approximate surface area is 110 Å². The van der Waals surface area contributed by atoms with Gasteiger partial charge in [0.25, 0.3) is 0 Å². The average Bonchev–Trinajstić information content (AvgIpc) is 2.32. The van der Waals surface area contributed by atoms with Gasteiger partial charge in [0.2, 0.25) is 0 Å². The lowest BCUT2D eigenvalue weighted by molar-refractivity contribution is -0.0138. The van der Waals surface area contributed by atoms with Gasteiger partial charge in [0.1, 0.15) is 0 Å². The Kier molecular flexibility index (Phi) is 8.73. The molecule has 0 amide bonds. The Morgan fingerprint density at radius 1 is 1.17 bits per heavy atom. The third kappa shape index (κ3) is 8.00. The highest BCUT2D eigenvalue weighted by Crippen LogP contribution is 2.08. The van der Waals surface area contributed by atoms with E-state index in [-0.39, 0.29) is 32.5 Å². The van der Waals surface area contributed by atoms with Crippen LogP contribution in [0, 0.1) is 5.92 Å². The molecule has 0 fully saturated rings. The van der Waals surface area contributed by atoms with Crippen molar-refractivity contribution >= 4 is 0 Å². The second-order valence-electron chi connectivity index (χ2n) is 5.69. The molecule has 5 heteroatoms. The van der Waals surface area contributed by atoms with Crippen LogP contribution in [0.3, 0.4) is 0 Å². The minimum atomic E-state index is -0.759. The average molecular weight is 263 g/mol. The van der Waals surface area contributed by atoms with Gasteiger partial charge in [-0.2, -0.15) is 0 Å². The number of hydrogen-bond acceptors (Lipinski definition) is 5. The van der Waals surface area contributed by atoms with Crippen molar-refractivity contribution in [3.63, 3.8) is 0 Å². The van der Waals surface area contributed by atoms with Crippen molar-refractivity contribution in [1.29, 1.82) is 0 Å². The summed E-state index contributed by atoms with van der Waals surface area (Å²) >= 11 is 0. The van der Waals surface area contributed by atoms with Gasteiger partial charge in [-0.3, -0.25) is 0 Å². The fourth-order valence-corrected chi connectivity index (χ4v) is 1.59. The lowest BCUT2D eigenvalue weighted by Crippen LogP contribution is -2.52. The van der Waals surface area contributed by atoms with Crippen molar-refractivity contribution in [3.05, 3.63) is 0 Å². The molecule has 0 saturated carbocycles. The molecule has 0 aliphatic rings. The van der Waals surface area contributed by atoms with Gasteiger partial charge >= 0.3 is 0 Å². The van der Waals surface area contributed by atoms with Crippen molar-refractivity contribution in [3.8, 4) is 0 Å². The molecule has 18 heavy (non-hydrogen) atoms. The normalized spacial score (nSPS) is 16.0. The highest BCUT2D eigenvalue weighted by molar-refractivity contribution is 4.82. The van der Waals surface area contributed by atoms with E-state index in [1.165, 1.54) is 0 Å². The Bertz CT molecular complexity index is 207. The molecule has 4 N–H and O–H groups in total. The second kappa shape index (κ2) is 8.82. The highest BCUT2D eigenvalue weighted by atomic mass is 16.5. The predicted molar refractivity (Wildman–Crippen MR) is 71.5 cm³/mol. The number of aliphatic hydroxyl groups is 3. The molecule has 0 saturated heterocycles. The molecule has 2 unspecified atom stereocenters. The maximum Gasteiger partial charge on any atom is 0.0898 e. The Morgan fingerprint density at radius 2 is 1.72 bits per heavy atom. The monoisotopic (exact) mass is 263 g/mol. The van der Waals surface area contributed by atoms with E-state index in [4.69, 9.17) is 14.9 Å². The maximum atomic E-state index is 9.74. The van der Waals surface area contributed by atoms with Gasteiger partial charge in [-0.15, -0.1) is 0 Å². The number of hydrogen-bond donors (Lipinski definition) is 4. The quantitative estimate of drug-likeness (QED) is 0.450. The number of rotatable bonds is 10. The number of β-amino-alcohol motifs (C(OH)–C–C–N with tert-alkyl or cyclic N) is 1. The summed E-state index contributed by atoms with van der Waals surface area (Å²) in [7, 11) is 0. The summed E-state index contributed by atoms with van der Waals surface area (Å²) < 4.78 is 5.53. The maximum absolute atomic E-state index is 9.74. The van der Waals surface area contributed by atoms with Crippen LogP contribution in [-0.2, 0) is 4.74 Å². The fourth-order valence-electron chi connectivity index (χ4n) is 1.59.